The van der Waals surface area contributed by atoms with Crippen LogP contribution in [0, 0.1) is 0 Å². The van der Waals surface area contributed by atoms with Gasteiger partial charge in [0, 0.05) is 12.8 Å². The molecule has 0 spiro atoms. The van der Waals surface area contributed by atoms with Gasteiger partial charge in [0.15, 0.2) is 11.6 Å². The van der Waals surface area contributed by atoms with Gasteiger partial charge < -0.3 is 9.47 Å². The third kappa shape index (κ3) is 9.74. The molecule has 0 aliphatic rings. The van der Waals surface area contributed by atoms with E-state index in [1.807, 2.05) is 0 Å². The van der Waals surface area contributed by atoms with Crippen LogP contribution in [0.25, 0.3) is 0 Å². The van der Waals surface area contributed by atoms with Crippen molar-refractivity contribution >= 4 is 21.4 Å². The number of sulfone groups is 1. The fourth-order valence-corrected chi connectivity index (χ4v) is 5.53. The largest absolute Gasteiger partial charge is 0.496 e. The fraction of sp³-hybridized carbons (Fsp3) is 0.462. The van der Waals surface area contributed by atoms with Crippen molar-refractivity contribution in [1.29, 1.82) is 0 Å². The molecule has 6 nitrogen and oxygen atoms in total. The van der Waals surface area contributed by atoms with Crippen molar-refractivity contribution in [1.82, 2.24) is 0 Å². The minimum absolute atomic E-state index is 0.173. The number of alkyl halides is 12. The summed E-state index contributed by atoms with van der Waals surface area (Å²) >= 11 is 0. The number of rotatable bonds is 12. The maximum Gasteiger partial charge on any atom is 0.417 e. The molecular formula is C26H22F12O6S. The van der Waals surface area contributed by atoms with E-state index in [2.05, 4.69) is 9.47 Å². The van der Waals surface area contributed by atoms with Gasteiger partial charge in [0.05, 0.1) is 59.1 Å². The van der Waals surface area contributed by atoms with E-state index < -0.39 is 128 Å². The summed E-state index contributed by atoms with van der Waals surface area (Å²) in [5.41, 5.74) is -9.94. The Morgan fingerprint density at radius 3 is 1.13 bits per heavy atom. The van der Waals surface area contributed by atoms with Crippen LogP contribution in [0.2, 0.25) is 0 Å². The molecule has 0 aliphatic heterocycles. The van der Waals surface area contributed by atoms with Crippen molar-refractivity contribution in [2.75, 3.05) is 25.7 Å². The topological polar surface area (TPSA) is 86.7 Å². The quantitative estimate of drug-likeness (QED) is 0.167. The molecule has 0 N–H and O–H groups in total. The molecule has 0 heterocycles. The number of ketones is 2. The minimum Gasteiger partial charge on any atom is -0.496 e. The van der Waals surface area contributed by atoms with Crippen LogP contribution in [0.3, 0.4) is 0 Å². The zero-order chi connectivity index (χ0) is 34.8. The smallest absolute Gasteiger partial charge is 0.417 e. The summed E-state index contributed by atoms with van der Waals surface area (Å²) in [5.74, 6) is -6.66. The molecule has 252 valence electrons. The molecule has 0 saturated carbocycles. The summed E-state index contributed by atoms with van der Waals surface area (Å²) < 4.78 is 193. The summed E-state index contributed by atoms with van der Waals surface area (Å²) in [6.45, 7) is 0. The molecule has 0 saturated heterocycles. The molecule has 0 amide bonds. The summed E-state index contributed by atoms with van der Waals surface area (Å²) in [7, 11) is -2.77. The van der Waals surface area contributed by atoms with Crippen LogP contribution in [0.4, 0.5) is 52.7 Å². The van der Waals surface area contributed by atoms with Gasteiger partial charge in [0.25, 0.3) is 0 Å². The number of hydrogen-bond donors (Lipinski definition) is 0. The second kappa shape index (κ2) is 13.5. The Balaban J connectivity index is 2.17. The van der Waals surface area contributed by atoms with E-state index >= 15 is 0 Å². The SMILES string of the molecule is COc1cc(C(F)(F)F)cc(C(F)(F)F)c1C(=O)CCCS(=O)(=O)CCCC(=O)c1c(OC)cc(C(F)(F)F)cc1C(F)(F)F. The number of Topliss-reactive ketones (excluding diaryl/α,β-unsaturated/α-hetero) is 2. The molecule has 2 aromatic carbocycles. The Morgan fingerprint density at radius 2 is 0.889 bits per heavy atom. The van der Waals surface area contributed by atoms with E-state index in [0.29, 0.717) is 0 Å². The molecule has 0 radical (unpaired) electrons. The molecule has 2 aromatic rings. The van der Waals surface area contributed by atoms with E-state index in [9.17, 15) is 70.7 Å². The number of ether oxygens (including phenoxy) is 2. The zero-order valence-electron chi connectivity index (χ0n) is 22.9. The van der Waals surface area contributed by atoms with Crippen LogP contribution in [-0.4, -0.2) is 45.7 Å². The van der Waals surface area contributed by atoms with Crippen molar-refractivity contribution in [2.45, 2.75) is 50.4 Å². The molecule has 45 heavy (non-hydrogen) atoms. The Kier molecular flexibility index (Phi) is 11.3. The fourth-order valence-electron chi connectivity index (χ4n) is 4.16. The van der Waals surface area contributed by atoms with E-state index in [-0.39, 0.29) is 24.3 Å². The van der Waals surface area contributed by atoms with Gasteiger partial charge in [-0.2, -0.15) is 52.7 Å². The molecule has 0 aliphatic carbocycles. The second-order valence-electron chi connectivity index (χ2n) is 9.40. The lowest BCUT2D eigenvalue weighted by Crippen LogP contribution is -2.19. The summed E-state index contributed by atoms with van der Waals surface area (Å²) in [4.78, 5) is 25.2. The zero-order valence-corrected chi connectivity index (χ0v) is 23.8. The molecule has 0 aromatic heterocycles. The van der Waals surface area contributed by atoms with Gasteiger partial charge in [0.1, 0.15) is 21.3 Å². The molecule has 0 bridgehead atoms. The number of hydrogen-bond acceptors (Lipinski definition) is 6. The number of methoxy groups -OCH3 is 2. The van der Waals surface area contributed by atoms with Crippen LogP contribution >= 0.6 is 0 Å². The minimum atomic E-state index is -5.43. The van der Waals surface area contributed by atoms with Crippen molar-refractivity contribution in [3.63, 3.8) is 0 Å². The molecule has 19 heteroatoms. The molecular weight excluding hydrogens is 668 g/mol. The lowest BCUT2D eigenvalue weighted by Gasteiger charge is -2.19. The van der Waals surface area contributed by atoms with Crippen molar-refractivity contribution in [3.05, 3.63) is 57.6 Å². The van der Waals surface area contributed by atoms with Gasteiger partial charge in [-0.15, -0.1) is 0 Å². The Morgan fingerprint density at radius 1 is 0.578 bits per heavy atom. The van der Waals surface area contributed by atoms with Crippen LogP contribution in [-0.2, 0) is 34.5 Å². The lowest BCUT2D eigenvalue weighted by molar-refractivity contribution is -0.145. The Labute approximate surface area is 247 Å². The summed E-state index contributed by atoms with van der Waals surface area (Å²) in [5, 5.41) is 0. The summed E-state index contributed by atoms with van der Waals surface area (Å²) in [6, 6.07) is -0.239. The van der Waals surface area contributed by atoms with Crippen molar-refractivity contribution < 1.29 is 80.2 Å². The first-order valence-corrected chi connectivity index (χ1v) is 14.1. The standard InChI is InChI=1S/C26H22F12O6S/c1-43-19-11-13(23(27,28)29)9-15(25(33,34)35)21(19)17(39)5-3-7-45(41,42)8-4-6-18(40)22-16(26(36,37)38)10-14(24(30,31)32)12-20(22)44-2/h9-12H,3-8H2,1-2H3. The Hall–Kier alpha value is -3.51. The number of carbonyl (C=O) groups is 2. The third-order valence-corrected chi connectivity index (χ3v) is 8.01. The third-order valence-electron chi connectivity index (χ3n) is 6.19. The highest BCUT2D eigenvalue weighted by Crippen LogP contribution is 2.43. The Bertz CT molecular complexity index is 1410. The van der Waals surface area contributed by atoms with Gasteiger partial charge in [-0.3, -0.25) is 9.59 Å². The molecule has 2 rings (SSSR count). The monoisotopic (exact) mass is 690 g/mol. The highest BCUT2D eigenvalue weighted by atomic mass is 32.2. The van der Waals surface area contributed by atoms with Crippen LogP contribution in [0.15, 0.2) is 24.3 Å². The normalized spacial score (nSPS) is 13.1. The van der Waals surface area contributed by atoms with E-state index in [1.54, 1.807) is 0 Å². The molecule has 0 unspecified atom stereocenters. The van der Waals surface area contributed by atoms with E-state index in [4.69, 9.17) is 0 Å². The molecule has 0 atom stereocenters. The second-order valence-corrected chi connectivity index (χ2v) is 11.7. The van der Waals surface area contributed by atoms with Gasteiger partial charge in [-0.1, -0.05) is 0 Å². The maximum absolute atomic E-state index is 13.5. The average molecular weight is 690 g/mol. The average Bonchev–Trinajstić information content (AvgIpc) is 2.88. The first-order valence-electron chi connectivity index (χ1n) is 12.3. The van der Waals surface area contributed by atoms with Crippen LogP contribution < -0.4 is 9.47 Å². The first kappa shape index (κ1) is 37.7. The first-order chi connectivity index (χ1) is 20.3. The van der Waals surface area contributed by atoms with Crippen molar-refractivity contribution in [2.24, 2.45) is 0 Å². The maximum atomic E-state index is 13.5. The van der Waals surface area contributed by atoms with E-state index in [1.165, 1.54) is 0 Å². The van der Waals surface area contributed by atoms with Gasteiger partial charge in [-0.05, 0) is 37.1 Å². The van der Waals surface area contributed by atoms with Gasteiger partial charge in [0.2, 0.25) is 0 Å². The highest BCUT2D eigenvalue weighted by Gasteiger charge is 2.43. The van der Waals surface area contributed by atoms with Crippen molar-refractivity contribution in [3.8, 4) is 11.5 Å². The predicted molar refractivity (Wildman–Crippen MR) is 132 cm³/mol. The van der Waals surface area contributed by atoms with Crippen LogP contribution in [0.1, 0.15) is 68.7 Å². The summed E-state index contributed by atoms with van der Waals surface area (Å²) in [6.07, 6.45) is -24.4. The highest BCUT2D eigenvalue weighted by molar-refractivity contribution is 7.91. The number of benzene rings is 2. The van der Waals surface area contributed by atoms with Gasteiger partial charge >= 0.3 is 24.7 Å². The van der Waals surface area contributed by atoms with E-state index in [0.717, 1.165) is 14.2 Å². The number of halogens is 12. The number of carbonyl (C=O) groups excluding carboxylic acids is 2. The molecule has 0 fully saturated rings. The lowest BCUT2D eigenvalue weighted by atomic mass is 9.96. The van der Waals surface area contributed by atoms with Gasteiger partial charge in [-0.25, -0.2) is 8.42 Å². The van der Waals surface area contributed by atoms with Crippen LogP contribution in [0.5, 0.6) is 11.5 Å². The predicted octanol–water partition coefficient (Wildman–Crippen LogP) is 7.82.